The van der Waals surface area contributed by atoms with Gasteiger partial charge in [-0.1, -0.05) is 35.9 Å². The fourth-order valence-electron chi connectivity index (χ4n) is 1.03. The molecule has 0 aliphatic heterocycles. The zero-order chi connectivity index (χ0) is 9.68. The molecule has 0 aromatic heterocycles. The van der Waals surface area contributed by atoms with Crippen molar-refractivity contribution in [2.75, 3.05) is 6.54 Å². The van der Waals surface area contributed by atoms with Gasteiger partial charge in [-0.25, -0.2) is 0 Å². The van der Waals surface area contributed by atoms with Crippen LogP contribution in [0.15, 0.2) is 30.3 Å². The molecule has 0 radical (unpaired) electrons. The lowest BCUT2D eigenvalue weighted by Crippen LogP contribution is -2.09. The first-order valence-electron chi connectivity index (χ1n) is 4.20. The summed E-state index contributed by atoms with van der Waals surface area (Å²) in [6.45, 7) is 2.09. The van der Waals surface area contributed by atoms with Gasteiger partial charge in [0.1, 0.15) is 0 Å². The summed E-state index contributed by atoms with van der Waals surface area (Å²) in [5.41, 5.74) is 7.38. The number of benzene rings is 1. The molecule has 0 atom stereocenters. The van der Waals surface area contributed by atoms with Crippen LogP contribution in [0.3, 0.4) is 0 Å². The van der Waals surface area contributed by atoms with Crippen molar-refractivity contribution in [1.29, 1.82) is 0 Å². The number of rotatable bonds is 3. The number of ketones is 1. The Bertz CT molecular complexity index is 329. The van der Waals surface area contributed by atoms with Crippen molar-refractivity contribution in [3.63, 3.8) is 0 Å². The van der Waals surface area contributed by atoms with E-state index >= 15 is 0 Å². The van der Waals surface area contributed by atoms with Gasteiger partial charge in [-0.2, -0.15) is 0 Å². The molecule has 1 aromatic rings. The van der Waals surface area contributed by atoms with Crippen molar-refractivity contribution < 1.29 is 4.79 Å². The van der Waals surface area contributed by atoms with Gasteiger partial charge in [0, 0.05) is 0 Å². The first-order chi connectivity index (χ1) is 6.22. The van der Waals surface area contributed by atoms with Crippen LogP contribution in [-0.4, -0.2) is 12.3 Å². The zero-order valence-electron chi connectivity index (χ0n) is 7.66. The number of carbonyl (C=O) groups excluding carboxylic acids is 1. The van der Waals surface area contributed by atoms with E-state index in [1.54, 1.807) is 6.08 Å². The smallest absolute Gasteiger partial charge is 0.169 e. The molecule has 1 aromatic carbocycles. The van der Waals surface area contributed by atoms with E-state index in [-0.39, 0.29) is 12.3 Å². The van der Waals surface area contributed by atoms with Crippen molar-refractivity contribution in [3.05, 3.63) is 41.5 Å². The Morgan fingerprint density at radius 1 is 1.54 bits per heavy atom. The standard InChI is InChI=1S/C11H13NO/c1-9-3-2-4-10(7-9)5-6-11(13)8-12/h2-7H,8,12H2,1H3/b6-5+. The van der Waals surface area contributed by atoms with Gasteiger partial charge in [0.25, 0.3) is 0 Å². The predicted molar refractivity (Wildman–Crippen MR) is 54.3 cm³/mol. The van der Waals surface area contributed by atoms with E-state index in [0.29, 0.717) is 0 Å². The van der Waals surface area contributed by atoms with Gasteiger partial charge in [0.15, 0.2) is 5.78 Å². The van der Waals surface area contributed by atoms with Crippen LogP contribution in [0.4, 0.5) is 0 Å². The molecule has 2 heteroatoms. The molecular formula is C11H13NO. The molecule has 2 N–H and O–H groups in total. The van der Waals surface area contributed by atoms with E-state index in [9.17, 15) is 4.79 Å². The summed E-state index contributed by atoms with van der Waals surface area (Å²) < 4.78 is 0. The van der Waals surface area contributed by atoms with Crippen molar-refractivity contribution in [2.45, 2.75) is 6.92 Å². The van der Waals surface area contributed by atoms with Crippen LogP contribution in [0.2, 0.25) is 0 Å². The number of hydrogen-bond donors (Lipinski definition) is 1. The van der Waals surface area contributed by atoms with Crippen molar-refractivity contribution in [1.82, 2.24) is 0 Å². The monoisotopic (exact) mass is 175 g/mol. The minimum Gasteiger partial charge on any atom is -0.324 e. The second-order valence-electron chi connectivity index (χ2n) is 2.92. The topological polar surface area (TPSA) is 43.1 Å². The molecule has 0 saturated carbocycles. The van der Waals surface area contributed by atoms with Crippen molar-refractivity contribution >= 4 is 11.9 Å². The molecule has 0 aliphatic rings. The maximum atomic E-state index is 10.9. The van der Waals surface area contributed by atoms with E-state index in [2.05, 4.69) is 0 Å². The van der Waals surface area contributed by atoms with E-state index < -0.39 is 0 Å². The van der Waals surface area contributed by atoms with Crippen LogP contribution in [0.5, 0.6) is 0 Å². The van der Waals surface area contributed by atoms with E-state index in [1.165, 1.54) is 11.6 Å². The Kier molecular flexibility index (Phi) is 3.41. The number of carbonyl (C=O) groups is 1. The summed E-state index contributed by atoms with van der Waals surface area (Å²) in [6.07, 6.45) is 3.29. The molecule has 0 spiro atoms. The fraction of sp³-hybridized carbons (Fsp3) is 0.182. The molecule has 2 nitrogen and oxygen atoms in total. The summed E-state index contributed by atoms with van der Waals surface area (Å²) >= 11 is 0. The maximum Gasteiger partial charge on any atom is 0.169 e. The van der Waals surface area contributed by atoms with E-state index in [0.717, 1.165) is 5.56 Å². The molecule has 1 rings (SSSR count). The fourth-order valence-corrected chi connectivity index (χ4v) is 1.03. The molecule has 13 heavy (non-hydrogen) atoms. The molecule has 0 fully saturated rings. The molecular weight excluding hydrogens is 162 g/mol. The highest BCUT2D eigenvalue weighted by molar-refractivity contribution is 5.94. The predicted octanol–water partition coefficient (Wildman–Crippen LogP) is 1.54. The lowest BCUT2D eigenvalue weighted by atomic mass is 10.1. The van der Waals surface area contributed by atoms with Crippen LogP contribution < -0.4 is 5.73 Å². The second-order valence-corrected chi connectivity index (χ2v) is 2.92. The SMILES string of the molecule is Cc1cccc(/C=C/C(=O)CN)c1. The minimum absolute atomic E-state index is 0.0542. The molecule has 0 heterocycles. The van der Waals surface area contributed by atoms with Gasteiger partial charge in [0.05, 0.1) is 6.54 Å². The Morgan fingerprint density at radius 2 is 2.31 bits per heavy atom. The first kappa shape index (κ1) is 9.68. The lowest BCUT2D eigenvalue weighted by Gasteiger charge is -1.94. The summed E-state index contributed by atoms with van der Waals surface area (Å²) in [6, 6.07) is 7.94. The van der Waals surface area contributed by atoms with E-state index in [1.807, 2.05) is 31.2 Å². The van der Waals surface area contributed by atoms with Crippen LogP contribution in [0.1, 0.15) is 11.1 Å². The highest BCUT2D eigenvalue weighted by Crippen LogP contribution is 2.05. The average molecular weight is 175 g/mol. The maximum absolute atomic E-state index is 10.9. The normalized spacial score (nSPS) is 10.6. The Morgan fingerprint density at radius 3 is 2.92 bits per heavy atom. The van der Waals surface area contributed by atoms with Gasteiger partial charge in [0.2, 0.25) is 0 Å². The van der Waals surface area contributed by atoms with E-state index in [4.69, 9.17) is 5.73 Å². The molecule has 0 amide bonds. The second kappa shape index (κ2) is 4.58. The number of aryl methyl sites for hydroxylation is 1. The Hall–Kier alpha value is -1.41. The van der Waals surface area contributed by atoms with Gasteiger partial charge in [-0.3, -0.25) is 4.79 Å². The van der Waals surface area contributed by atoms with Gasteiger partial charge >= 0.3 is 0 Å². The molecule has 0 bridgehead atoms. The zero-order valence-corrected chi connectivity index (χ0v) is 7.66. The third-order valence-electron chi connectivity index (χ3n) is 1.70. The highest BCUT2D eigenvalue weighted by Gasteiger charge is 1.91. The summed E-state index contributed by atoms with van der Waals surface area (Å²) in [7, 11) is 0. The van der Waals surface area contributed by atoms with Crippen LogP contribution in [0, 0.1) is 6.92 Å². The first-order valence-corrected chi connectivity index (χ1v) is 4.20. The quantitative estimate of drug-likeness (QED) is 0.708. The Labute approximate surface area is 78.1 Å². The number of hydrogen-bond acceptors (Lipinski definition) is 2. The lowest BCUT2D eigenvalue weighted by molar-refractivity contribution is -0.113. The molecule has 68 valence electrons. The van der Waals surface area contributed by atoms with Crippen LogP contribution >= 0.6 is 0 Å². The van der Waals surface area contributed by atoms with Gasteiger partial charge in [-0.05, 0) is 18.6 Å². The van der Waals surface area contributed by atoms with Crippen LogP contribution in [0.25, 0.3) is 6.08 Å². The highest BCUT2D eigenvalue weighted by atomic mass is 16.1. The molecule has 0 aliphatic carbocycles. The largest absolute Gasteiger partial charge is 0.324 e. The van der Waals surface area contributed by atoms with Crippen molar-refractivity contribution in [2.24, 2.45) is 5.73 Å². The third-order valence-corrected chi connectivity index (χ3v) is 1.70. The van der Waals surface area contributed by atoms with Crippen LogP contribution in [-0.2, 0) is 4.79 Å². The molecule has 0 saturated heterocycles. The minimum atomic E-state index is -0.0542. The number of nitrogens with two attached hydrogens (primary N) is 1. The van der Waals surface area contributed by atoms with Crippen molar-refractivity contribution in [3.8, 4) is 0 Å². The third kappa shape index (κ3) is 3.22. The summed E-state index contributed by atoms with van der Waals surface area (Å²) in [5.74, 6) is -0.0542. The summed E-state index contributed by atoms with van der Waals surface area (Å²) in [5, 5.41) is 0. The van der Waals surface area contributed by atoms with Gasteiger partial charge < -0.3 is 5.73 Å². The van der Waals surface area contributed by atoms with Gasteiger partial charge in [-0.15, -0.1) is 0 Å². The Balaban J connectivity index is 2.74. The summed E-state index contributed by atoms with van der Waals surface area (Å²) in [4.78, 5) is 10.9. The average Bonchev–Trinajstić information content (AvgIpc) is 2.14. The molecule has 0 unspecified atom stereocenters.